The van der Waals surface area contributed by atoms with Crippen molar-refractivity contribution in [3.63, 3.8) is 0 Å². The molecule has 6 heteroatoms. The molecule has 0 aromatic heterocycles. The summed E-state index contributed by atoms with van der Waals surface area (Å²) in [6.45, 7) is 0. The number of nitrogens with zero attached hydrogens (tertiary/aromatic N) is 1. The molecular formula is C6H6F3NO2. The lowest BCUT2D eigenvalue weighted by Crippen LogP contribution is -2.48. The molecule has 1 atom stereocenters. The smallest absolute Gasteiger partial charge is 0.424 e. The van der Waals surface area contributed by atoms with Gasteiger partial charge in [-0.15, -0.1) is 0 Å². The minimum Gasteiger partial charge on any atom is -0.479 e. The van der Waals surface area contributed by atoms with Gasteiger partial charge in [0, 0.05) is 6.21 Å². The van der Waals surface area contributed by atoms with Gasteiger partial charge in [0.2, 0.25) is 0 Å². The maximum Gasteiger partial charge on any atom is 0.424 e. The Balaban J connectivity index is 3.04. The van der Waals surface area contributed by atoms with Gasteiger partial charge in [0.1, 0.15) is 0 Å². The Kier molecular flexibility index (Phi) is 1.85. The van der Waals surface area contributed by atoms with E-state index in [2.05, 4.69) is 4.99 Å². The fraction of sp³-hybridized carbons (Fsp3) is 0.667. The Morgan fingerprint density at radius 3 is 2.33 bits per heavy atom. The molecule has 1 aliphatic heterocycles. The first-order valence-electron chi connectivity index (χ1n) is 3.24. The fourth-order valence-electron chi connectivity index (χ4n) is 1.06. The number of carboxylic acid groups (broad SMARTS) is 1. The van der Waals surface area contributed by atoms with E-state index < -0.39 is 24.1 Å². The Morgan fingerprint density at radius 1 is 1.58 bits per heavy atom. The van der Waals surface area contributed by atoms with Gasteiger partial charge in [0.05, 0.1) is 0 Å². The first kappa shape index (κ1) is 9.02. The minimum atomic E-state index is -4.80. The summed E-state index contributed by atoms with van der Waals surface area (Å²) < 4.78 is 36.5. The zero-order valence-electron chi connectivity index (χ0n) is 5.93. The Bertz CT molecular complexity index is 235. The number of carboxylic acids is 1. The summed E-state index contributed by atoms with van der Waals surface area (Å²) in [6.07, 6.45) is -4.23. The van der Waals surface area contributed by atoms with Gasteiger partial charge in [-0.05, 0) is 12.8 Å². The van der Waals surface area contributed by atoms with Crippen molar-refractivity contribution in [3.8, 4) is 0 Å². The van der Waals surface area contributed by atoms with E-state index in [1.807, 2.05) is 0 Å². The van der Waals surface area contributed by atoms with Gasteiger partial charge in [-0.2, -0.15) is 13.2 Å². The van der Waals surface area contributed by atoms with E-state index in [1.165, 1.54) is 0 Å². The number of aliphatic carboxylic acids is 1. The van der Waals surface area contributed by atoms with E-state index in [0.717, 1.165) is 6.21 Å². The molecule has 0 aliphatic carbocycles. The summed E-state index contributed by atoms with van der Waals surface area (Å²) in [7, 11) is 0. The van der Waals surface area contributed by atoms with E-state index >= 15 is 0 Å². The second kappa shape index (κ2) is 2.46. The summed E-state index contributed by atoms with van der Waals surface area (Å²) in [6, 6.07) is 0. The van der Waals surface area contributed by atoms with Crippen molar-refractivity contribution in [2.75, 3.05) is 0 Å². The van der Waals surface area contributed by atoms with Gasteiger partial charge >= 0.3 is 12.1 Å². The van der Waals surface area contributed by atoms with E-state index in [0.29, 0.717) is 0 Å². The molecule has 1 heterocycles. The molecule has 1 unspecified atom stereocenters. The molecule has 0 bridgehead atoms. The molecule has 0 saturated heterocycles. The summed E-state index contributed by atoms with van der Waals surface area (Å²) in [5.74, 6) is -1.93. The predicted molar refractivity (Wildman–Crippen MR) is 34.1 cm³/mol. The van der Waals surface area contributed by atoms with Crippen LogP contribution in [0.1, 0.15) is 12.8 Å². The van der Waals surface area contributed by atoms with Crippen LogP contribution < -0.4 is 0 Å². The number of halogens is 3. The van der Waals surface area contributed by atoms with Crippen molar-refractivity contribution < 1.29 is 23.1 Å². The maximum atomic E-state index is 12.2. The molecule has 3 nitrogen and oxygen atoms in total. The van der Waals surface area contributed by atoms with Gasteiger partial charge in [-0.1, -0.05) is 0 Å². The highest BCUT2D eigenvalue weighted by Crippen LogP contribution is 2.39. The van der Waals surface area contributed by atoms with Crippen molar-refractivity contribution in [1.82, 2.24) is 0 Å². The number of alkyl halides is 3. The first-order chi connectivity index (χ1) is 5.40. The van der Waals surface area contributed by atoms with Crippen LogP contribution >= 0.6 is 0 Å². The van der Waals surface area contributed by atoms with Crippen LogP contribution in [0, 0.1) is 0 Å². The van der Waals surface area contributed by atoms with Crippen LogP contribution in [0.15, 0.2) is 4.99 Å². The van der Waals surface area contributed by atoms with Crippen LogP contribution in [0.25, 0.3) is 0 Å². The van der Waals surface area contributed by atoms with Gasteiger partial charge in [-0.25, -0.2) is 4.79 Å². The van der Waals surface area contributed by atoms with Crippen molar-refractivity contribution in [3.05, 3.63) is 0 Å². The van der Waals surface area contributed by atoms with E-state index in [4.69, 9.17) is 5.11 Å². The van der Waals surface area contributed by atoms with Gasteiger partial charge in [-0.3, -0.25) is 4.99 Å². The molecular weight excluding hydrogens is 175 g/mol. The zero-order valence-corrected chi connectivity index (χ0v) is 5.93. The maximum absolute atomic E-state index is 12.2. The average Bonchev–Trinajstić information content (AvgIpc) is 2.31. The summed E-state index contributed by atoms with van der Waals surface area (Å²) in [5, 5.41) is 8.37. The van der Waals surface area contributed by atoms with Crippen LogP contribution in [0.5, 0.6) is 0 Å². The standard InChI is InChI=1S/C6H6F3NO2/c7-6(8,9)5(4(11)12)2-1-3-10-5/h3H,1-2H2,(H,11,12). The zero-order chi connectivity index (χ0) is 9.41. The van der Waals surface area contributed by atoms with Gasteiger partial charge in [0.15, 0.2) is 0 Å². The molecule has 1 aliphatic rings. The van der Waals surface area contributed by atoms with E-state index in [9.17, 15) is 18.0 Å². The molecule has 0 amide bonds. The molecule has 1 rings (SSSR count). The van der Waals surface area contributed by atoms with Crippen LogP contribution in [0.2, 0.25) is 0 Å². The summed E-state index contributed by atoms with van der Waals surface area (Å²) >= 11 is 0. The first-order valence-corrected chi connectivity index (χ1v) is 3.24. The largest absolute Gasteiger partial charge is 0.479 e. The molecule has 68 valence electrons. The molecule has 0 fully saturated rings. The highest BCUT2D eigenvalue weighted by molar-refractivity contribution is 5.84. The monoisotopic (exact) mass is 181 g/mol. The number of aliphatic imine (C=N–C) groups is 1. The Hall–Kier alpha value is -1.07. The minimum absolute atomic E-state index is 0.0613. The average molecular weight is 181 g/mol. The molecule has 0 radical (unpaired) electrons. The lowest BCUT2D eigenvalue weighted by atomic mass is 9.97. The van der Waals surface area contributed by atoms with Crippen LogP contribution in [0.3, 0.4) is 0 Å². The van der Waals surface area contributed by atoms with Crippen molar-refractivity contribution in [2.45, 2.75) is 24.6 Å². The Morgan fingerprint density at radius 2 is 2.17 bits per heavy atom. The molecule has 0 aromatic carbocycles. The lowest BCUT2D eigenvalue weighted by Gasteiger charge is -2.23. The second-order valence-electron chi connectivity index (χ2n) is 2.51. The molecule has 12 heavy (non-hydrogen) atoms. The highest BCUT2D eigenvalue weighted by Gasteiger charge is 2.61. The van der Waals surface area contributed by atoms with Crippen molar-refractivity contribution >= 4 is 12.2 Å². The third-order valence-corrected chi connectivity index (χ3v) is 1.77. The second-order valence-corrected chi connectivity index (χ2v) is 2.51. The summed E-state index contributed by atoms with van der Waals surface area (Å²) in [5.41, 5.74) is -2.88. The number of hydrogen-bond donors (Lipinski definition) is 1. The highest BCUT2D eigenvalue weighted by atomic mass is 19.4. The molecule has 0 saturated carbocycles. The van der Waals surface area contributed by atoms with Crippen molar-refractivity contribution in [1.29, 1.82) is 0 Å². The van der Waals surface area contributed by atoms with Crippen molar-refractivity contribution in [2.24, 2.45) is 4.99 Å². The summed E-state index contributed by atoms with van der Waals surface area (Å²) in [4.78, 5) is 13.3. The van der Waals surface area contributed by atoms with Crippen LogP contribution in [0.4, 0.5) is 13.2 Å². The van der Waals surface area contributed by atoms with Gasteiger partial charge in [0.25, 0.3) is 5.54 Å². The quantitative estimate of drug-likeness (QED) is 0.661. The fourth-order valence-corrected chi connectivity index (χ4v) is 1.06. The topological polar surface area (TPSA) is 49.7 Å². The normalized spacial score (nSPS) is 29.2. The van der Waals surface area contributed by atoms with E-state index in [1.54, 1.807) is 0 Å². The number of carbonyl (C=O) groups is 1. The predicted octanol–water partition coefficient (Wildman–Crippen LogP) is 1.24. The van der Waals surface area contributed by atoms with E-state index in [-0.39, 0.29) is 6.42 Å². The number of rotatable bonds is 1. The molecule has 0 spiro atoms. The molecule has 0 aromatic rings. The SMILES string of the molecule is O=C(O)C1(C(F)(F)F)CCC=N1. The van der Waals surface area contributed by atoms with Gasteiger partial charge < -0.3 is 5.11 Å². The third-order valence-electron chi connectivity index (χ3n) is 1.77. The Labute approximate surface area is 65.9 Å². The third kappa shape index (κ3) is 1.07. The number of hydrogen-bond acceptors (Lipinski definition) is 2. The van der Waals surface area contributed by atoms with Crippen LogP contribution in [-0.2, 0) is 4.79 Å². The molecule has 1 N–H and O–H groups in total. The van der Waals surface area contributed by atoms with Crippen LogP contribution in [-0.4, -0.2) is 29.0 Å². The lowest BCUT2D eigenvalue weighted by molar-refractivity contribution is -0.200.